The Balaban J connectivity index is 1.30. The molecule has 0 fully saturated rings. The van der Waals surface area contributed by atoms with Gasteiger partial charge in [-0.25, -0.2) is 18.7 Å². The second kappa shape index (κ2) is 11.4. The second-order valence-electron chi connectivity index (χ2n) is 8.51. The Kier molecular flexibility index (Phi) is 7.76. The lowest BCUT2D eigenvalue weighted by Crippen LogP contribution is -2.02. The van der Waals surface area contributed by atoms with Gasteiger partial charge in [0.25, 0.3) is 6.43 Å². The molecule has 3 aromatic carbocycles. The molecule has 0 amide bonds. The molecule has 0 unspecified atom stereocenters. The molecule has 0 atom stereocenters. The highest BCUT2D eigenvalue weighted by Crippen LogP contribution is 2.44. The van der Waals surface area contributed by atoms with E-state index < -0.39 is 6.43 Å². The van der Waals surface area contributed by atoms with Gasteiger partial charge >= 0.3 is 0 Å². The SMILES string of the molecule is COc1ccc(/C=C/C(=O)c2ccc3c(c2)Nc2ccccc2S3)cc1CSc1nc(C)cc(C(F)F)n1. The highest BCUT2D eigenvalue weighted by atomic mass is 32.2. The number of nitrogens with one attached hydrogen (secondary N) is 1. The molecule has 2 heterocycles. The number of fused-ring (bicyclic) bond motifs is 2. The van der Waals surface area contributed by atoms with E-state index in [1.807, 2.05) is 54.6 Å². The number of allylic oxidation sites excluding steroid dienone is 1. The first kappa shape index (κ1) is 25.9. The molecule has 0 saturated heterocycles. The number of thioether (sulfide) groups is 1. The molecule has 0 bridgehead atoms. The van der Waals surface area contributed by atoms with Crippen molar-refractivity contribution < 1.29 is 18.3 Å². The highest BCUT2D eigenvalue weighted by Gasteiger charge is 2.17. The largest absolute Gasteiger partial charge is 0.496 e. The summed E-state index contributed by atoms with van der Waals surface area (Å²) in [4.78, 5) is 23.4. The first-order chi connectivity index (χ1) is 18.4. The summed E-state index contributed by atoms with van der Waals surface area (Å²) < 4.78 is 31.7. The molecule has 0 radical (unpaired) electrons. The lowest BCUT2D eigenvalue weighted by molar-refractivity contribution is 0.104. The van der Waals surface area contributed by atoms with Crippen molar-refractivity contribution in [1.82, 2.24) is 9.97 Å². The topological polar surface area (TPSA) is 64.1 Å². The highest BCUT2D eigenvalue weighted by molar-refractivity contribution is 7.99. The molecule has 1 aromatic heterocycles. The van der Waals surface area contributed by atoms with E-state index in [1.165, 1.54) is 17.8 Å². The summed E-state index contributed by atoms with van der Waals surface area (Å²) in [6.45, 7) is 1.66. The van der Waals surface area contributed by atoms with Crippen LogP contribution >= 0.6 is 23.5 Å². The number of halogens is 2. The van der Waals surface area contributed by atoms with Crippen LogP contribution in [-0.4, -0.2) is 22.9 Å². The fourth-order valence-corrected chi connectivity index (χ4v) is 5.82. The number of nitrogens with zero attached hydrogens (tertiary/aromatic N) is 2. The number of hydrogen-bond donors (Lipinski definition) is 1. The molecule has 0 saturated carbocycles. The molecule has 5 rings (SSSR count). The number of ether oxygens (including phenoxy) is 1. The van der Waals surface area contributed by atoms with E-state index in [0.29, 0.717) is 22.8 Å². The zero-order valence-corrected chi connectivity index (χ0v) is 22.2. The number of para-hydroxylation sites is 1. The molecular weight excluding hydrogens is 524 g/mol. The molecule has 5 nitrogen and oxygen atoms in total. The number of methoxy groups -OCH3 is 1. The van der Waals surface area contributed by atoms with E-state index in [0.717, 1.165) is 32.3 Å². The van der Waals surface area contributed by atoms with E-state index in [-0.39, 0.29) is 16.6 Å². The van der Waals surface area contributed by atoms with Crippen molar-refractivity contribution in [3.8, 4) is 5.75 Å². The molecule has 0 aliphatic carbocycles. The lowest BCUT2D eigenvalue weighted by Gasteiger charge is -2.20. The van der Waals surface area contributed by atoms with Gasteiger partial charge in [0.05, 0.1) is 18.5 Å². The molecular formula is C29H23F2N3O2S2. The van der Waals surface area contributed by atoms with Gasteiger partial charge in [-0.15, -0.1) is 0 Å². The predicted molar refractivity (Wildman–Crippen MR) is 148 cm³/mol. The van der Waals surface area contributed by atoms with E-state index in [2.05, 4.69) is 21.4 Å². The second-order valence-corrected chi connectivity index (χ2v) is 10.5. The van der Waals surface area contributed by atoms with Gasteiger partial charge in [-0.05, 0) is 67.1 Å². The number of alkyl halides is 2. The maximum Gasteiger partial charge on any atom is 0.280 e. The Hall–Kier alpha value is -3.69. The number of carbonyl (C=O) groups is 1. The Morgan fingerprint density at radius 1 is 1.05 bits per heavy atom. The van der Waals surface area contributed by atoms with Crippen LogP contribution in [0.3, 0.4) is 0 Å². The minimum absolute atomic E-state index is 0.113. The maximum atomic E-state index is 13.1. The van der Waals surface area contributed by atoms with Crippen molar-refractivity contribution in [2.45, 2.75) is 34.0 Å². The van der Waals surface area contributed by atoms with E-state index in [1.54, 1.807) is 37.9 Å². The van der Waals surface area contributed by atoms with Crippen molar-refractivity contribution >= 4 is 46.8 Å². The summed E-state index contributed by atoms with van der Waals surface area (Å²) in [5.74, 6) is 0.958. The first-order valence-corrected chi connectivity index (χ1v) is 13.5. The van der Waals surface area contributed by atoms with Crippen molar-refractivity contribution in [3.63, 3.8) is 0 Å². The normalized spacial score (nSPS) is 12.2. The van der Waals surface area contributed by atoms with Crippen LogP contribution in [0.1, 0.15) is 39.3 Å². The van der Waals surface area contributed by atoms with Crippen LogP contribution in [0.15, 0.2) is 87.8 Å². The number of aryl methyl sites for hydroxylation is 1. The number of aromatic nitrogens is 2. The number of anilines is 2. The van der Waals surface area contributed by atoms with Crippen LogP contribution in [0.4, 0.5) is 20.2 Å². The molecule has 192 valence electrons. The van der Waals surface area contributed by atoms with Gasteiger partial charge in [0, 0.05) is 32.4 Å². The summed E-state index contributed by atoms with van der Waals surface area (Å²) in [7, 11) is 1.57. The smallest absolute Gasteiger partial charge is 0.280 e. The fourth-order valence-electron chi connectivity index (χ4n) is 3.96. The van der Waals surface area contributed by atoms with E-state index in [4.69, 9.17) is 4.74 Å². The van der Waals surface area contributed by atoms with E-state index >= 15 is 0 Å². The quantitative estimate of drug-likeness (QED) is 0.0911. The van der Waals surface area contributed by atoms with Crippen LogP contribution in [0.5, 0.6) is 5.75 Å². The van der Waals surface area contributed by atoms with Crippen LogP contribution in [0, 0.1) is 6.92 Å². The molecule has 4 aromatic rings. The zero-order valence-electron chi connectivity index (χ0n) is 20.6. The number of carbonyl (C=O) groups excluding carboxylic acids is 1. The van der Waals surface area contributed by atoms with Gasteiger partial charge < -0.3 is 10.1 Å². The maximum absolute atomic E-state index is 13.1. The van der Waals surface area contributed by atoms with Crippen molar-refractivity contribution in [3.05, 3.63) is 101 Å². The fraction of sp³-hybridized carbons (Fsp3) is 0.138. The van der Waals surface area contributed by atoms with Crippen molar-refractivity contribution in [2.75, 3.05) is 12.4 Å². The third-order valence-electron chi connectivity index (χ3n) is 5.81. The van der Waals surface area contributed by atoms with Gasteiger partial charge in [0.15, 0.2) is 10.9 Å². The molecule has 1 aliphatic rings. The number of ketones is 1. The number of hydrogen-bond acceptors (Lipinski definition) is 7. The Labute approximate surface area is 227 Å². The third-order valence-corrected chi connectivity index (χ3v) is 7.85. The van der Waals surface area contributed by atoms with Crippen LogP contribution in [-0.2, 0) is 5.75 Å². The average molecular weight is 548 g/mol. The van der Waals surface area contributed by atoms with Gasteiger partial charge in [0.2, 0.25) is 0 Å². The Morgan fingerprint density at radius 2 is 1.87 bits per heavy atom. The summed E-state index contributed by atoms with van der Waals surface area (Å²) in [6.07, 6.45) is 0.644. The van der Waals surface area contributed by atoms with Gasteiger partial charge in [-0.1, -0.05) is 47.8 Å². The van der Waals surface area contributed by atoms with Crippen LogP contribution in [0.2, 0.25) is 0 Å². The Morgan fingerprint density at radius 3 is 2.68 bits per heavy atom. The zero-order chi connectivity index (χ0) is 26.6. The molecule has 1 aliphatic heterocycles. The standard InChI is InChI=1S/C29H23F2N3O2S2/c1-17-13-23(28(30)31)34-29(32-17)37-16-20-14-18(8-11-25(20)36-2)7-10-24(35)19-9-12-27-22(15-19)33-21-5-3-4-6-26(21)38-27/h3-15,28,33H,16H2,1-2H3/b10-7+. The van der Waals surface area contributed by atoms with Gasteiger partial charge in [-0.2, -0.15) is 0 Å². The molecule has 38 heavy (non-hydrogen) atoms. The average Bonchev–Trinajstić information content (AvgIpc) is 2.93. The van der Waals surface area contributed by atoms with Gasteiger partial charge in [-0.3, -0.25) is 4.79 Å². The summed E-state index contributed by atoms with van der Waals surface area (Å²) in [5.41, 5.74) is 4.37. The molecule has 0 spiro atoms. The van der Waals surface area contributed by atoms with E-state index in [9.17, 15) is 13.6 Å². The summed E-state index contributed by atoms with van der Waals surface area (Å²) in [5, 5.41) is 3.68. The molecule has 1 N–H and O–H groups in total. The van der Waals surface area contributed by atoms with Crippen molar-refractivity contribution in [1.29, 1.82) is 0 Å². The Bertz CT molecular complexity index is 1540. The predicted octanol–water partition coefficient (Wildman–Crippen LogP) is 8.13. The number of rotatable bonds is 8. The third kappa shape index (κ3) is 5.89. The minimum atomic E-state index is -2.66. The van der Waals surface area contributed by atoms with Crippen LogP contribution < -0.4 is 10.1 Å². The van der Waals surface area contributed by atoms with Crippen LogP contribution in [0.25, 0.3) is 6.08 Å². The number of benzene rings is 3. The minimum Gasteiger partial charge on any atom is -0.496 e. The monoisotopic (exact) mass is 547 g/mol. The first-order valence-electron chi connectivity index (χ1n) is 11.7. The van der Waals surface area contributed by atoms with Crippen molar-refractivity contribution in [2.24, 2.45) is 0 Å². The van der Waals surface area contributed by atoms with Gasteiger partial charge in [0.1, 0.15) is 11.4 Å². The lowest BCUT2D eigenvalue weighted by atomic mass is 10.1. The summed E-state index contributed by atoms with van der Waals surface area (Å²) in [6, 6.07) is 20.6. The molecule has 9 heteroatoms. The summed E-state index contributed by atoms with van der Waals surface area (Å²) >= 11 is 2.92.